The maximum absolute atomic E-state index is 11.9. The third-order valence-electron chi connectivity index (χ3n) is 3.79. The third-order valence-corrected chi connectivity index (χ3v) is 3.79. The van der Waals surface area contributed by atoms with Gasteiger partial charge in [0.1, 0.15) is 5.78 Å². The van der Waals surface area contributed by atoms with Gasteiger partial charge in [-0.1, -0.05) is 13.8 Å². The van der Waals surface area contributed by atoms with E-state index in [1.165, 1.54) is 0 Å². The van der Waals surface area contributed by atoms with E-state index in [0.29, 0.717) is 11.7 Å². The summed E-state index contributed by atoms with van der Waals surface area (Å²) in [5.41, 5.74) is 0. The van der Waals surface area contributed by atoms with E-state index in [-0.39, 0.29) is 23.9 Å². The molecule has 1 saturated carbocycles. The number of carbonyl (C=O) groups excluding carboxylic acids is 2. The molecule has 4 heteroatoms. The Labute approximate surface area is 116 Å². The molecule has 0 aliphatic heterocycles. The lowest BCUT2D eigenvalue weighted by atomic mass is 9.78. The van der Waals surface area contributed by atoms with Crippen LogP contribution in [0.3, 0.4) is 0 Å². The van der Waals surface area contributed by atoms with Crippen molar-refractivity contribution in [3.05, 3.63) is 0 Å². The van der Waals surface area contributed by atoms with Crippen molar-refractivity contribution < 1.29 is 9.59 Å². The number of nitrogens with one attached hydrogen (secondary N) is 2. The van der Waals surface area contributed by atoms with Crippen molar-refractivity contribution in [3.63, 3.8) is 0 Å². The Morgan fingerprint density at radius 2 is 1.63 bits per heavy atom. The molecular weight excluding hydrogens is 240 g/mol. The normalized spacial score (nSPS) is 23.5. The van der Waals surface area contributed by atoms with E-state index in [0.717, 1.165) is 32.2 Å². The maximum Gasteiger partial charge on any atom is 0.314 e. The van der Waals surface area contributed by atoms with Gasteiger partial charge in [-0.25, -0.2) is 4.79 Å². The van der Waals surface area contributed by atoms with Gasteiger partial charge in [0, 0.05) is 24.4 Å². The fraction of sp³-hybridized carbons (Fsp3) is 0.867. The van der Waals surface area contributed by atoms with Crippen LogP contribution in [-0.4, -0.2) is 24.4 Å². The van der Waals surface area contributed by atoms with Gasteiger partial charge in [0.2, 0.25) is 0 Å². The summed E-state index contributed by atoms with van der Waals surface area (Å²) in [6.07, 6.45) is 4.06. The second-order valence-electron chi connectivity index (χ2n) is 6.28. The smallest absolute Gasteiger partial charge is 0.314 e. The molecule has 0 unspecified atom stereocenters. The van der Waals surface area contributed by atoms with Gasteiger partial charge >= 0.3 is 6.03 Å². The van der Waals surface area contributed by atoms with Crippen LogP contribution in [0, 0.1) is 17.8 Å². The topological polar surface area (TPSA) is 58.2 Å². The second-order valence-corrected chi connectivity index (χ2v) is 6.28. The zero-order valence-electron chi connectivity index (χ0n) is 12.7. The molecule has 4 nitrogen and oxygen atoms in total. The van der Waals surface area contributed by atoms with E-state index < -0.39 is 0 Å². The average molecular weight is 268 g/mol. The van der Waals surface area contributed by atoms with E-state index >= 15 is 0 Å². The Hall–Kier alpha value is -1.06. The molecule has 19 heavy (non-hydrogen) atoms. The molecule has 2 N–H and O–H groups in total. The van der Waals surface area contributed by atoms with E-state index in [2.05, 4.69) is 10.6 Å². The minimum atomic E-state index is -0.0876. The Bertz CT molecular complexity index is 305. The highest BCUT2D eigenvalue weighted by molar-refractivity contribution is 5.82. The van der Waals surface area contributed by atoms with Gasteiger partial charge in [0.15, 0.2) is 0 Å². The second kappa shape index (κ2) is 7.51. The molecule has 1 fully saturated rings. The average Bonchev–Trinajstić information content (AvgIpc) is 2.35. The monoisotopic (exact) mass is 268 g/mol. The molecule has 0 bridgehead atoms. The summed E-state index contributed by atoms with van der Waals surface area (Å²) in [4.78, 5) is 23.4. The summed E-state index contributed by atoms with van der Waals surface area (Å²) in [5.74, 6) is 1.33. The molecule has 0 aromatic rings. The fourth-order valence-corrected chi connectivity index (χ4v) is 2.67. The summed E-state index contributed by atoms with van der Waals surface area (Å²) < 4.78 is 0. The highest BCUT2D eigenvalue weighted by atomic mass is 16.2. The zero-order chi connectivity index (χ0) is 14.4. The lowest BCUT2D eigenvalue weighted by Crippen LogP contribution is -2.42. The fourth-order valence-electron chi connectivity index (χ4n) is 2.67. The quantitative estimate of drug-likeness (QED) is 0.805. The van der Waals surface area contributed by atoms with Crippen LogP contribution in [0.5, 0.6) is 0 Å². The van der Waals surface area contributed by atoms with E-state index in [4.69, 9.17) is 0 Å². The van der Waals surface area contributed by atoms with Crippen molar-refractivity contribution in [2.75, 3.05) is 6.54 Å². The summed E-state index contributed by atoms with van der Waals surface area (Å²) in [5, 5.41) is 5.74. The van der Waals surface area contributed by atoms with Crippen molar-refractivity contribution in [3.8, 4) is 0 Å². The standard InChI is InChI=1S/C15H28N2O2/c1-10(2)14(18)13-7-5-12(6-8-13)9-16-15(19)17-11(3)4/h10-13H,5-9H2,1-4H3,(H2,16,17,19). The van der Waals surface area contributed by atoms with Crippen molar-refractivity contribution in [1.29, 1.82) is 0 Å². The number of carbonyl (C=O) groups is 2. The summed E-state index contributed by atoms with van der Waals surface area (Å²) in [7, 11) is 0. The number of urea groups is 1. The molecule has 0 heterocycles. The number of ketones is 1. The SMILES string of the molecule is CC(C)NC(=O)NCC1CCC(C(=O)C(C)C)CC1. The first kappa shape index (κ1) is 16.0. The van der Waals surface area contributed by atoms with Crippen LogP contribution in [0.25, 0.3) is 0 Å². The van der Waals surface area contributed by atoms with Gasteiger partial charge in [-0.2, -0.15) is 0 Å². The number of hydrogen-bond acceptors (Lipinski definition) is 2. The Balaban J connectivity index is 2.23. The van der Waals surface area contributed by atoms with E-state index in [1.807, 2.05) is 27.7 Å². The highest BCUT2D eigenvalue weighted by Crippen LogP contribution is 2.30. The van der Waals surface area contributed by atoms with E-state index in [9.17, 15) is 9.59 Å². The van der Waals surface area contributed by atoms with Gasteiger partial charge in [-0.3, -0.25) is 4.79 Å². The van der Waals surface area contributed by atoms with Gasteiger partial charge < -0.3 is 10.6 Å². The first-order valence-electron chi connectivity index (χ1n) is 7.48. The van der Waals surface area contributed by atoms with Crippen molar-refractivity contribution in [2.24, 2.45) is 17.8 Å². The highest BCUT2D eigenvalue weighted by Gasteiger charge is 2.27. The predicted octanol–water partition coefficient (Wildman–Crippen LogP) is 2.73. The van der Waals surface area contributed by atoms with Gasteiger partial charge in [0.05, 0.1) is 0 Å². The summed E-state index contributed by atoms with van der Waals surface area (Å²) >= 11 is 0. The molecule has 0 aromatic heterocycles. The molecule has 0 spiro atoms. The molecule has 110 valence electrons. The lowest BCUT2D eigenvalue weighted by Gasteiger charge is -2.28. The zero-order valence-corrected chi connectivity index (χ0v) is 12.7. The molecular formula is C15H28N2O2. The third kappa shape index (κ3) is 5.62. The van der Waals surface area contributed by atoms with Crippen molar-refractivity contribution in [1.82, 2.24) is 10.6 Å². The van der Waals surface area contributed by atoms with Crippen LogP contribution in [0.15, 0.2) is 0 Å². The van der Waals surface area contributed by atoms with Crippen molar-refractivity contribution >= 4 is 11.8 Å². The Morgan fingerprint density at radius 1 is 1.05 bits per heavy atom. The molecule has 0 aromatic carbocycles. The summed E-state index contributed by atoms with van der Waals surface area (Å²) in [6.45, 7) is 8.57. The van der Waals surface area contributed by atoms with Crippen LogP contribution < -0.4 is 10.6 Å². The van der Waals surface area contributed by atoms with Gasteiger partial charge in [-0.05, 0) is 45.4 Å². The number of amides is 2. The summed E-state index contributed by atoms with van der Waals surface area (Å²) in [6, 6.07) is 0.0785. The first-order valence-corrected chi connectivity index (χ1v) is 7.48. The van der Waals surface area contributed by atoms with Crippen LogP contribution >= 0.6 is 0 Å². The van der Waals surface area contributed by atoms with E-state index in [1.54, 1.807) is 0 Å². The maximum atomic E-state index is 11.9. The minimum absolute atomic E-state index is 0.0876. The van der Waals surface area contributed by atoms with Crippen LogP contribution in [0.1, 0.15) is 53.4 Å². The van der Waals surface area contributed by atoms with Crippen molar-refractivity contribution in [2.45, 2.75) is 59.4 Å². The molecule has 1 rings (SSSR count). The molecule has 2 amide bonds. The molecule has 1 aliphatic carbocycles. The number of hydrogen-bond donors (Lipinski definition) is 2. The minimum Gasteiger partial charge on any atom is -0.338 e. The first-order chi connectivity index (χ1) is 8.90. The lowest BCUT2D eigenvalue weighted by molar-refractivity contribution is -0.127. The molecule has 0 saturated heterocycles. The number of Topliss-reactive ketones (excluding diaryl/α,β-unsaturated/α-hetero) is 1. The molecule has 0 radical (unpaired) electrons. The van der Waals surface area contributed by atoms with Crippen LogP contribution in [0.2, 0.25) is 0 Å². The predicted molar refractivity (Wildman–Crippen MR) is 77.0 cm³/mol. The Kier molecular flexibility index (Phi) is 6.32. The van der Waals surface area contributed by atoms with Crippen LogP contribution in [-0.2, 0) is 4.79 Å². The number of rotatable bonds is 5. The molecule has 1 aliphatic rings. The largest absolute Gasteiger partial charge is 0.338 e. The Morgan fingerprint density at radius 3 is 2.11 bits per heavy atom. The van der Waals surface area contributed by atoms with Gasteiger partial charge in [-0.15, -0.1) is 0 Å². The van der Waals surface area contributed by atoms with Gasteiger partial charge in [0.25, 0.3) is 0 Å². The van der Waals surface area contributed by atoms with Crippen LogP contribution in [0.4, 0.5) is 4.79 Å². The molecule has 0 atom stereocenters.